The number of fused-ring (bicyclic) bond motifs is 1. The van der Waals surface area contributed by atoms with Crippen LogP contribution in [0.2, 0.25) is 13.1 Å². The van der Waals surface area contributed by atoms with Crippen molar-refractivity contribution in [2.75, 3.05) is 0 Å². The van der Waals surface area contributed by atoms with E-state index in [9.17, 15) is 0 Å². The lowest BCUT2D eigenvalue weighted by Gasteiger charge is -2.39. The molecule has 1 nitrogen and oxygen atoms in total. The van der Waals surface area contributed by atoms with Gasteiger partial charge in [0.1, 0.15) is 8.24 Å². The predicted molar refractivity (Wildman–Crippen MR) is 92.4 cm³/mol. The van der Waals surface area contributed by atoms with Gasteiger partial charge in [-0.05, 0) is 38.3 Å². The summed E-state index contributed by atoms with van der Waals surface area (Å²) in [6.45, 7) is 14.1. The summed E-state index contributed by atoms with van der Waals surface area (Å²) in [4.78, 5) is 3.96. The molecule has 1 aliphatic carbocycles. The summed E-state index contributed by atoms with van der Waals surface area (Å²) >= 11 is 0. The Hall–Kier alpha value is -0.863. The highest BCUT2D eigenvalue weighted by molar-refractivity contribution is 6.77. The SMILES string of the molecule is CCCC1=Cc2ccccc2C1[Si](C)(C)NC(C)(C)C. The molecule has 2 rings (SSSR count). The van der Waals surface area contributed by atoms with Crippen molar-refractivity contribution in [3.63, 3.8) is 0 Å². The molecule has 1 aromatic rings. The Bertz CT molecular complexity index is 508. The second-order valence-corrected chi connectivity index (χ2v) is 11.9. The van der Waals surface area contributed by atoms with Crippen LogP contribution in [0.25, 0.3) is 6.08 Å². The highest BCUT2D eigenvalue weighted by Gasteiger charge is 2.40. The fraction of sp³-hybridized carbons (Fsp3) is 0.556. The molecule has 1 unspecified atom stereocenters. The maximum atomic E-state index is 3.96. The van der Waals surface area contributed by atoms with Gasteiger partial charge < -0.3 is 4.98 Å². The number of hydrogen-bond donors (Lipinski definition) is 1. The molecule has 0 saturated heterocycles. The topological polar surface area (TPSA) is 12.0 Å². The van der Waals surface area contributed by atoms with Crippen LogP contribution >= 0.6 is 0 Å². The Morgan fingerprint density at radius 1 is 1.15 bits per heavy atom. The van der Waals surface area contributed by atoms with E-state index in [4.69, 9.17) is 0 Å². The molecule has 20 heavy (non-hydrogen) atoms. The lowest BCUT2D eigenvalue weighted by molar-refractivity contribution is 0.508. The minimum atomic E-state index is -1.58. The Morgan fingerprint density at radius 2 is 1.80 bits per heavy atom. The lowest BCUT2D eigenvalue weighted by atomic mass is 10.1. The molecular weight excluding hydrogens is 258 g/mol. The smallest absolute Gasteiger partial charge is 0.131 e. The average Bonchev–Trinajstić information content (AvgIpc) is 2.64. The predicted octanol–water partition coefficient (Wildman–Crippen LogP) is 5.10. The van der Waals surface area contributed by atoms with Gasteiger partial charge in [-0.3, -0.25) is 0 Å². The van der Waals surface area contributed by atoms with Crippen molar-refractivity contribution in [2.45, 2.75) is 64.7 Å². The van der Waals surface area contributed by atoms with Gasteiger partial charge in [0, 0.05) is 11.1 Å². The summed E-state index contributed by atoms with van der Waals surface area (Å²) in [5.74, 6) is 0. The Morgan fingerprint density at radius 3 is 2.40 bits per heavy atom. The number of hydrogen-bond acceptors (Lipinski definition) is 1. The molecule has 110 valence electrons. The maximum absolute atomic E-state index is 3.96. The molecule has 0 fully saturated rings. The molecule has 1 N–H and O–H groups in total. The molecular formula is C18H29NSi. The number of allylic oxidation sites excluding steroid dienone is 1. The van der Waals surface area contributed by atoms with Crippen molar-refractivity contribution < 1.29 is 0 Å². The van der Waals surface area contributed by atoms with Gasteiger partial charge in [-0.1, -0.05) is 62.4 Å². The third-order valence-corrected chi connectivity index (χ3v) is 7.50. The van der Waals surface area contributed by atoms with E-state index >= 15 is 0 Å². The first-order chi connectivity index (χ1) is 9.24. The maximum Gasteiger partial charge on any atom is 0.131 e. The normalized spacial score (nSPS) is 18.9. The quantitative estimate of drug-likeness (QED) is 0.760. The van der Waals surface area contributed by atoms with Crippen molar-refractivity contribution in [2.24, 2.45) is 0 Å². The summed E-state index contributed by atoms with van der Waals surface area (Å²) in [7, 11) is -1.58. The summed E-state index contributed by atoms with van der Waals surface area (Å²) in [6.07, 6.45) is 4.90. The second-order valence-electron chi connectivity index (χ2n) is 7.63. The van der Waals surface area contributed by atoms with E-state index < -0.39 is 8.24 Å². The van der Waals surface area contributed by atoms with Crippen LogP contribution in [0.15, 0.2) is 29.8 Å². The van der Waals surface area contributed by atoms with Gasteiger partial charge in [0.15, 0.2) is 0 Å². The van der Waals surface area contributed by atoms with E-state index in [-0.39, 0.29) is 5.54 Å². The summed E-state index contributed by atoms with van der Waals surface area (Å²) in [5.41, 5.74) is 5.44. The van der Waals surface area contributed by atoms with Gasteiger partial charge in [0.05, 0.1) is 0 Å². The van der Waals surface area contributed by atoms with Crippen LogP contribution in [-0.4, -0.2) is 13.8 Å². The molecule has 0 aromatic heterocycles. The van der Waals surface area contributed by atoms with Crippen molar-refractivity contribution in [3.05, 3.63) is 41.0 Å². The van der Waals surface area contributed by atoms with Crippen LogP contribution in [0.4, 0.5) is 0 Å². The molecule has 1 aliphatic rings. The van der Waals surface area contributed by atoms with E-state index in [0.717, 1.165) is 0 Å². The monoisotopic (exact) mass is 287 g/mol. The zero-order valence-electron chi connectivity index (χ0n) is 13.9. The molecule has 2 heteroatoms. The molecule has 0 spiro atoms. The Balaban J connectivity index is 2.39. The molecule has 1 atom stereocenters. The Kier molecular flexibility index (Phi) is 4.26. The molecule has 1 aromatic carbocycles. The van der Waals surface area contributed by atoms with Crippen LogP contribution in [-0.2, 0) is 0 Å². The zero-order valence-corrected chi connectivity index (χ0v) is 14.9. The van der Waals surface area contributed by atoms with Crippen LogP contribution < -0.4 is 4.98 Å². The minimum Gasteiger partial charge on any atom is -0.332 e. The zero-order chi connectivity index (χ0) is 15.0. The van der Waals surface area contributed by atoms with Gasteiger partial charge in [-0.15, -0.1) is 0 Å². The van der Waals surface area contributed by atoms with Gasteiger partial charge in [-0.25, -0.2) is 0 Å². The second kappa shape index (κ2) is 5.49. The molecule has 0 heterocycles. The summed E-state index contributed by atoms with van der Waals surface area (Å²) < 4.78 is 0. The number of benzene rings is 1. The van der Waals surface area contributed by atoms with E-state index in [1.54, 1.807) is 11.1 Å². The van der Waals surface area contributed by atoms with Crippen LogP contribution in [0.1, 0.15) is 57.2 Å². The third-order valence-electron chi connectivity index (χ3n) is 3.98. The molecule has 0 bridgehead atoms. The highest BCUT2D eigenvalue weighted by atomic mass is 28.3. The first kappa shape index (κ1) is 15.5. The fourth-order valence-corrected chi connectivity index (χ4v) is 8.06. The van der Waals surface area contributed by atoms with E-state index in [1.165, 1.54) is 18.4 Å². The summed E-state index contributed by atoms with van der Waals surface area (Å²) in [6, 6.07) is 8.95. The van der Waals surface area contributed by atoms with Crippen LogP contribution in [0.3, 0.4) is 0 Å². The largest absolute Gasteiger partial charge is 0.332 e. The van der Waals surface area contributed by atoms with Gasteiger partial charge in [0.2, 0.25) is 0 Å². The Labute approximate surface area is 125 Å². The highest BCUT2D eigenvalue weighted by Crippen LogP contribution is 2.43. The van der Waals surface area contributed by atoms with Crippen LogP contribution in [0.5, 0.6) is 0 Å². The van der Waals surface area contributed by atoms with Crippen molar-refractivity contribution >= 4 is 14.3 Å². The van der Waals surface area contributed by atoms with Crippen molar-refractivity contribution in [3.8, 4) is 0 Å². The van der Waals surface area contributed by atoms with E-state index in [1.807, 2.05) is 0 Å². The number of rotatable bonds is 4. The average molecular weight is 288 g/mol. The first-order valence-electron chi connectivity index (χ1n) is 7.83. The van der Waals surface area contributed by atoms with Crippen LogP contribution in [0, 0.1) is 0 Å². The van der Waals surface area contributed by atoms with Crippen molar-refractivity contribution in [1.29, 1.82) is 0 Å². The van der Waals surface area contributed by atoms with E-state index in [2.05, 4.69) is 76.1 Å². The summed E-state index contributed by atoms with van der Waals surface area (Å²) in [5, 5.41) is 0. The number of nitrogens with one attached hydrogen (secondary N) is 1. The van der Waals surface area contributed by atoms with Gasteiger partial charge in [0.25, 0.3) is 0 Å². The molecule has 0 saturated carbocycles. The lowest BCUT2D eigenvalue weighted by Crippen LogP contribution is -2.58. The van der Waals surface area contributed by atoms with E-state index in [0.29, 0.717) is 5.54 Å². The third kappa shape index (κ3) is 3.24. The fourth-order valence-electron chi connectivity index (χ4n) is 3.78. The van der Waals surface area contributed by atoms with Crippen molar-refractivity contribution in [1.82, 2.24) is 4.98 Å². The molecule has 0 amide bonds. The molecule has 0 aliphatic heterocycles. The molecule has 0 radical (unpaired) electrons. The van der Waals surface area contributed by atoms with Gasteiger partial charge >= 0.3 is 0 Å². The van der Waals surface area contributed by atoms with Gasteiger partial charge in [-0.2, -0.15) is 0 Å². The first-order valence-corrected chi connectivity index (χ1v) is 10.9. The standard InChI is InChI=1S/C18H29NSi/c1-7-10-15-13-14-11-8-9-12-16(14)17(15)20(5,6)19-18(2,3)4/h8-9,11-13,17,19H,7,10H2,1-6H3. The minimum absolute atomic E-state index is 0.185.